The SMILES string of the molecule is CC(C)(C)OC(=O)CNC(=O)Nc1ccc(CN=O)cc1. The van der Waals surface area contributed by atoms with Gasteiger partial charge in [0.05, 0.1) is 0 Å². The molecule has 2 amide bonds. The quantitative estimate of drug-likeness (QED) is 0.643. The Labute approximate surface area is 123 Å². The van der Waals surface area contributed by atoms with Crippen LogP contribution in [0.15, 0.2) is 29.4 Å². The molecule has 1 aromatic rings. The van der Waals surface area contributed by atoms with E-state index in [1.807, 2.05) is 0 Å². The number of hydrogen-bond donors (Lipinski definition) is 2. The van der Waals surface area contributed by atoms with Crippen LogP contribution in [0.4, 0.5) is 10.5 Å². The molecule has 0 saturated heterocycles. The van der Waals surface area contributed by atoms with E-state index in [9.17, 15) is 14.5 Å². The number of benzene rings is 1. The highest BCUT2D eigenvalue weighted by molar-refractivity contribution is 5.91. The molecule has 21 heavy (non-hydrogen) atoms. The Balaban J connectivity index is 2.40. The van der Waals surface area contributed by atoms with E-state index in [2.05, 4.69) is 15.8 Å². The molecule has 1 aromatic carbocycles. The van der Waals surface area contributed by atoms with Crippen molar-refractivity contribution in [3.8, 4) is 0 Å². The van der Waals surface area contributed by atoms with Crippen molar-refractivity contribution in [2.75, 3.05) is 11.9 Å². The molecule has 0 bridgehead atoms. The van der Waals surface area contributed by atoms with Gasteiger partial charge in [-0.05, 0) is 38.5 Å². The van der Waals surface area contributed by atoms with E-state index in [1.54, 1.807) is 45.0 Å². The summed E-state index contributed by atoms with van der Waals surface area (Å²) in [5.74, 6) is -0.509. The third kappa shape index (κ3) is 7.05. The van der Waals surface area contributed by atoms with Crippen molar-refractivity contribution in [1.29, 1.82) is 0 Å². The second-order valence-corrected chi connectivity index (χ2v) is 5.38. The van der Waals surface area contributed by atoms with Gasteiger partial charge in [0.15, 0.2) is 0 Å². The van der Waals surface area contributed by atoms with Gasteiger partial charge in [-0.15, -0.1) is 0 Å². The van der Waals surface area contributed by atoms with Crippen LogP contribution in [0, 0.1) is 4.91 Å². The maximum atomic E-state index is 11.6. The van der Waals surface area contributed by atoms with Crippen LogP contribution in [-0.2, 0) is 16.1 Å². The fraction of sp³-hybridized carbons (Fsp3) is 0.429. The van der Waals surface area contributed by atoms with Gasteiger partial charge in [-0.3, -0.25) is 4.79 Å². The number of hydrogen-bond acceptors (Lipinski definition) is 5. The largest absolute Gasteiger partial charge is 0.459 e. The van der Waals surface area contributed by atoms with Gasteiger partial charge in [-0.2, -0.15) is 4.91 Å². The first-order valence-corrected chi connectivity index (χ1v) is 6.45. The summed E-state index contributed by atoms with van der Waals surface area (Å²) in [6.07, 6.45) is 0. The number of urea groups is 1. The van der Waals surface area contributed by atoms with Gasteiger partial charge in [-0.25, -0.2) is 4.79 Å². The maximum Gasteiger partial charge on any atom is 0.325 e. The summed E-state index contributed by atoms with van der Waals surface area (Å²) < 4.78 is 5.06. The van der Waals surface area contributed by atoms with Gasteiger partial charge in [0, 0.05) is 5.69 Å². The zero-order chi connectivity index (χ0) is 15.9. The standard InChI is InChI=1S/C14H19N3O4/c1-14(2,3)21-12(18)9-15-13(19)17-11-6-4-10(5-7-11)8-16-20/h4-7H,8-9H2,1-3H3,(H2,15,17,19). The summed E-state index contributed by atoms with van der Waals surface area (Å²) in [6, 6.07) is 6.15. The van der Waals surface area contributed by atoms with Crippen LogP contribution in [0.25, 0.3) is 0 Å². The van der Waals surface area contributed by atoms with Crippen molar-refractivity contribution in [2.24, 2.45) is 5.18 Å². The molecule has 1 rings (SSSR count). The Bertz CT molecular complexity index is 506. The number of nitrogens with zero attached hydrogens (tertiary/aromatic N) is 1. The molecular weight excluding hydrogens is 274 g/mol. The highest BCUT2D eigenvalue weighted by Gasteiger charge is 2.16. The molecule has 0 aromatic heterocycles. The van der Waals surface area contributed by atoms with Gasteiger partial charge in [0.1, 0.15) is 18.7 Å². The maximum absolute atomic E-state index is 11.6. The minimum absolute atomic E-state index is 0.0884. The molecule has 0 heterocycles. The zero-order valence-electron chi connectivity index (χ0n) is 12.3. The first kappa shape index (κ1) is 16.6. The van der Waals surface area contributed by atoms with Crippen molar-refractivity contribution < 1.29 is 14.3 Å². The fourth-order valence-electron chi connectivity index (χ4n) is 1.47. The third-order valence-corrected chi connectivity index (χ3v) is 2.27. The molecule has 0 aliphatic heterocycles. The second kappa shape index (κ2) is 7.37. The average molecular weight is 293 g/mol. The minimum atomic E-state index is -0.586. The van der Waals surface area contributed by atoms with Crippen molar-refractivity contribution in [1.82, 2.24) is 5.32 Å². The molecule has 0 aliphatic carbocycles. The van der Waals surface area contributed by atoms with E-state index < -0.39 is 17.6 Å². The number of amides is 2. The number of carbonyl (C=O) groups excluding carboxylic acids is 2. The lowest BCUT2D eigenvalue weighted by Crippen LogP contribution is -2.36. The number of nitroso groups, excluding NO2 is 1. The van der Waals surface area contributed by atoms with Gasteiger partial charge in [0.25, 0.3) is 0 Å². The molecule has 0 aliphatic rings. The molecule has 0 fully saturated rings. The Hall–Kier alpha value is -2.44. The molecule has 0 spiro atoms. The lowest BCUT2D eigenvalue weighted by molar-refractivity contribution is -0.153. The van der Waals surface area contributed by atoms with E-state index in [0.29, 0.717) is 5.69 Å². The molecule has 0 unspecified atom stereocenters. The highest BCUT2D eigenvalue weighted by atomic mass is 16.6. The first-order chi connectivity index (χ1) is 9.80. The number of rotatable bonds is 5. The van der Waals surface area contributed by atoms with E-state index in [1.165, 1.54) is 0 Å². The average Bonchev–Trinajstić information content (AvgIpc) is 2.37. The predicted molar refractivity (Wildman–Crippen MR) is 78.8 cm³/mol. The summed E-state index contributed by atoms with van der Waals surface area (Å²) in [6.45, 7) is 5.13. The van der Waals surface area contributed by atoms with Crippen LogP contribution in [-0.4, -0.2) is 24.1 Å². The number of esters is 1. The Morgan fingerprint density at radius 2 is 1.81 bits per heavy atom. The highest BCUT2D eigenvalue weighted by Crippen LogP contribution is 2.10. The van der Waals surface area contributed by atoms with Gasteiger partial charge >= 0.3 is 12.0 Å². The van der Waals surface area contributed by atoms with Crippen LogP contribution in [0.3, 0.4) is 0 Å². The Morgan fingerprint density at radius 1 is 1.19 bits per heavy atom. The van der Waals surface area contributed by atoms with Crippen LogP contribution in [0.5, 0.6) is 0 Å². The van der Waals surface area contributed by atoms with Crippen molar-refractivity contribution in [3.05, 3.63) is 34.7 Å². The second-order valence-electron chi connectivity index (χ2n) is 5.38. The smallest absolute Gasteiger partial charge is 0.325 e. The van der Waals surface area contributed by atoms with Gasteiger partial charge in [-0.1, -0.05) is 17.3 Å². The molecule has 0 radical (unpaired) electrons. The summed E-state index contributed by atoms with van der Waals surface area (Å²) in [7, 11) is 0. The topological polar surface area (TPSA) is 96.9 Å². The van der Waals surface area contributed by atoms with Gasteiger partial charge < -0.3 is 15.4 Å². The van der Waals surface area contributed by atoms with E-state index >= 15 is 0 Å². The van der Waals surface area contributed by atoms with Crippen molar-refractivity contribution in [2.45, 2.75) is 32.9 Å². The van der Waals surface area contributed by atoms with E-state index in [-0.39, 0.29) is 13.1 Å². The summed E-state index contributed by atoms with van der Waals surface area (Å²) in [5.41, 5.74) is 0.716. The van der Waals surface area contributed by atoms with Crippen molar-refractivity contribution >= 4 is 17.7 Å². The number of nitrogens with one attached hydrogen (secondary N) is 2. The van der Waals surface area contributed by atoms with Crippen LogP contribution in [0.2, 0.25) is 0 Å². The van der Waals surface area contributed by atoms with Crippen LogP contribution < -0.4 is 10.6 Å². The normalized spacial score (nSPS) is 10.6. The number of ether oxygens (including phenoxy) is 1. The van der Waals surface area contributed by atoms with E-state index in [0.717, 1.165) is 5.56 Å². The van der Waals surface area contributed by atoms with Crippen LogP contribution >= 0.6 is 0 Å². The molecule has 7 heteroatoms. The molecule has 114 valence electrons. The lowest BCUT2D eigenvalue weighted by atomic mass is 10.2. The predicted octanol–water partition coefficient (Wildman–Crippen LogP) is 2.42. The molecular formula is C14H19N3O4. The summed E-state index contributed by atoms with van der Waals surface area (Å²) in [5, 5.41) is 7.74. The molecule has 0 atom stereocenters. The zero-order valence-corrected chi connectivity index (χ0v) is 12.3. The summed E-state index contributed by atoms with van der Waals surface area (Å²) >= 11 is 0. The first-order valence-electron chi connectivity index (χ1n) is 6.45. The monoisotopic (exact) mass is 293 g/mol. The van der Waals surface area contributed by atoms with E-state index in [4.69, 9.17) is 4.74 Å². The number of anilines is 1. The Morgan fingerprint density at radius 3 is 2.33 bits per heavy atom. The minimum Gasteiger partial charge on any atom is -0.459 e. The fourth-order valence-corrected chi connectivity index (χ4v) is 1.47. The summed E-state index contributed by atoms with van der Waals surface area (Å²) in [4.78, 5) is 33.1. The lowest BCUT2D eigenvalue weighted by Gasteiger charge is -2.19. The van der Waals surface area contributed by atoms with Crippen molar-refractivity contribution in [3.63, 3.8) is 0 Å². The molecule has 7 nitrogen and oxygen atoms in total. The molecule has 2 N–H and O–H groups in total. The van der Waals surface area contributed by atoms with Crippen LogP contribution in [0.1, 0.15) is 26.3 Å². The Kier molecular flexibility index (Phi) is 5.83. The molecule has 0 saturated carbocycles. The van der Waals surface area contributed by atoms with Gasteiger partial charge in [0.2, 0.25) is 0 Å². The third-order valence-electron chi connectivity index (χ3n) is 2.27. The number of carbonyl (C=O) groups is 2.